The molecule has 2 N–H and O–H groups in total. The van der Waals surface area contributed by atoms with E-state index >= 15 is 0 Å². The zero-order valence-corrected chi connectivity index (χ0v) is 14.2. The molecule has 0 atom stereocenters. The molecule has 0 bridgehead atoms. The van der Waals surface area contributed by atoms with Crippen molar-refractivity contribution >= 4 is 6.09 Å². The predicted molar refractivity (Wildman–Crippen MR) is 97.2 cm³/mol. The van der Waals surface area contributed by atoms with Gasteiger partial charge in [0.2, 0.25) is 0 Å². The molecule has 0 unspecified atom stereocenters. The molecular formula is C20H26N2O2. The summed E-state index contributed by atoms with van der Waals surface area (Å²) in [6.45, 7) is 4.48. The number of nitrogens with one attached hydrogen (secondary N) is 1. The van der Waals surface area contributed by atoms with E-state index in [0.717, 1.165) is 25.9 Å². The summed E-state index contributed by atoms with van der Waals surface area (Å²) in [5, 5.41) is 11.2. The monoisotopic (exact) mass is 326 g/mol. The van der Waals surface area contributed by atoms with Gasteiger partial charge in [0.05, 0.1) is 6.04 Å². The number of rotatable bonds is 9. The van der Waals surface area contributed by atoms with Crippen LogP contribution in [-0.2, 0) is 0 Å². The Morgan fingerprint density at radius 1 is 1.00 bits per heavy atom. The van der Waals surface area contributed by atoms with Gasteiger partial charge in [-0.15, -0.1) is 0 Å². The van der Waals surface area contributed by atoms with Crippen molar-refractivity contribution in [3.05, 3.63) is 71.8 Å². The number of hydrogen-bond acceptors (Lipinski definition) is 2. The molecule has 24 heavy (non-hydrogen) atoms. The summed E-state index contributed by atoms with van der Waals surface area (Å²) in [5.74, 6) is 0. The molecule has 0 radical (unpaired) electrons. The number of benzene rings is 2. The number of nitrogens with zero attached hydrogens (tertiary/aromatic N) is 1. The third kappa shape index (κ3) is 5.39. The van der Waals surface area contributed by atoms with Crippen molar-refractivity contribution in [2.24, 2.45) is 0 Å². The normalized spacial score (nSPS) is 11.0. The first-order valence-electron chi connectivity index (χ1n) is 8.53. The van der Waals surface area contributed by atoms with Crippen LogP contribution in [0, 0.1) is 0 Å². The van der Waals surface area contributed by atoms with Crippen molar-refractivity contribution in [1.82, 2.24) is 10.2 Å². The largest absolute Gasteiger partial charge is 0.465 e. The highest BCUT2D eigenvalue weighted by atomic mass is 16.4. The molecule has 0 saturated carbocycles. The third-order valence-electron chi connectivity index (χ3n) is 4.00. The van der Waals surface area contributed by atoms with Crippen LogP contribution >= 0.6 is 0 Å². The maximum Gasteiger partial charge on any atom is 0.404 e. The molecule has 1 amide bonds. The first kappa shape index (κ1) is 18.0. The van der Waals surface area contributed by atoms with Crippen molar-refractivity contribution in [2.75, 3.05) is 19.6 Å². The lowest BCUT2D eigenvalue weighted by molar-refractivity contribution is 0.191. The average Bonchev–Trinajstić information content (AvgIpc) is 2.60. The topological polar surface area (TPSA) is 52.6 Å². The molecule has 0 aliphatic carbocycles. The summed E-state index contributed by atoms with van der Waals surface area (Å²) >= 11 is 0. The molecule has 0 spiro atoms. The Morgan fingerprint density at radius 3 is 2.00 bits per heavy atom. The SMILES string of the molecule is CCCN(CCCNC(=O)O)C(c1ccccc1)c1ccccc1. The van der Waals surface area contributed by atoms with Crippen molar-refractivity contribution in [2.45, 2.75) is 25.8 Å². The van der Waals surface area contributed by atoms with Crippen LogP contribution in [0.1, 0.15) is 36.9 Å². The molecule has 4 nitrogen and oxygen atoms in total. The van der Waals surface area contributed by atoms with Crippen LogP contribution in [-0.4, -0.2) is 35.7 Å². The fraction of sp³-hybridized carbons (Fsp3) is 0.350. The second-order valence-electron chi connectivity index (χ2n) is 5.85. The number of carboxylic acid groups (broad SMARTS) is 1. The van der Waals surface area contributed by atoms with E-state index in [2.05, 4.69) is 65.7 Å². The lowest BCUT2D eigenvalue weighted by atomic mass is 9.96. The van der Waals surface area contributed by atoms with E-state index in [1.54, 1.807) is 0 Å². The predicted octanol–water partition coefficient (Wildman–Crippen LogP) is 4.15. The highest BCUT2D eigenvalue weighted by molar-refractivity contribution is 5.64. The summed E-state index contributed by atoms with van der Waals surface area (Å²) in [5.41, 5.74) is 2.53. The quantitative estimate of drug-likeness (QED) is 0.681. The van der Waals surface area contributed by atoms with E-state index in [4.69, 9.17) is 5.11 Å². The van der Waals surface area contributed by atoms with Crippen LogP contribution in [0.3, 0.4) is 0 Å². The molecular weight excluding hydrogens is 300 g/mol. The van der Waals surface area contributed by atoms with Gasteiger partial charge in [-0.1, -0.05) is 67.6 Å². The smallest absolute Gasteiger partial charge is 0.404 e. The van der Waals surface area contributed by atoms with Crippen molar-refractivity contribution in [3.8, 4) is 0 Å². The van der Waals surface area contributed by atoms with Crippen LogP contribution in [0.15, 0.2) is 60.7 Å². The van der Waals surface area contributed by atoms with E-state index in [0.29, 0.717) is 6.54 Å². The molecule has 2 aromatic carbocycles. The van der Waals surface area contributed by atoms with Crippen molar-refractivity contribution in [1.29, 1.82) is 0 Å². The Labute approximate surface area is 144 Å². The molecule has 0 heterocycles. The van der Waals surface area contributed by atoms with Gasteiger partial charge in [-0.2, -0.15) is 0 Å². The molecule has 2 aromatic rings. The van der Waals surface area contributed by atoms with Crippen LogP contribution in [0.25, 0.3) is 0 Å². The summed E-state index contributed by atoms with van der Waals surface area (Å²) in [4.78, 5) is 13.1. The average molecular weight is 326 g/mol. The highest BCUT2D eigenvalue weighted by Crippen LogP contribution is 2.28. The molecule has 0 aliphatic heterocycles. The minimum Gasteiger partial charge on any atom is -0.465 e. The minimum absolute atomic E-state index is 0.192. The summed E-state index contributed by atoms with van der Waals surface area (Å²) < 4.78 is 0. The van der Waals surface area contributed by atoms with Crippen LogP contribution in [0.5, 0.6) is 0 Å². The van der Waals surface area contributed by atoms with Gasteiger partial charge >= 0.3 is 6.09 Å². The summed E-state index contributed by atoms with van der Waals surface area (Å²) in [6.07, 6.45) is 0.894. The Kier molecular flexibility index (Phi) is 7.30. The van der Waals surface area contributed by atoms with Gasteiger partial charge in [-0.25, -0.2) is 4.79 Å². The molecule has 0 saturated heterocycles. The number of carbonyl (C=O) groups is 1. The molecule has 0 fully saturated rings. The zero-order valence-electron chi connectivity index (χ0n) is 14.2. The van der Waals surface area contributed by atoms with Gasteiger partial charge in [-0.3, -0.25) is 4.90 Å². The maximum atomic E-state index is 10.6. The molecule has 2 rings (SSSR count). The van der Waals surface area contributed by atoms with Gasteiger partial charge in [0.15, 0.2) is 0 Å². The summed E-state index contributed by atoms with van der Waals surface area (Å²) in [7, 11) is 0. The Balaban J connectivity index is 2.20. The standard InChI is InChI=1S/C20H26N2O2/c1-2-15-22(16-9-14-21-20(23)24)19(17-10-5-3-6-11-17)18-12-7-4-8-13-18/h3-8,10-13,19,21H,2,9,14-16H2,1H3,(H,23,24). The third-order valence-corrected chi connectivity index (χ3v) is 4.00. The number of amides is 1. The molecule has 4 heteroatoms. The second kappa shape index (κ2) is 9.73. The van der Waals surface area contributed by atoms with E-state index in [1.807, 2.05) is 12.1 Å². The first-order chi connectivity index (χ1) is 11.7. The zero-order chi connectivity index (χ0) is 17.2. The lowest BCUT2D eigenvalue weighted by Gasteiger charge is -2.32. The van der Waals surface area contributed by atoms with E-state index in [9.17, 15) is 4.79 Å². The molecule has 0 aliphatic rings. The van der Waals surface area contributed by atoms with Gasteiger partial charge in [0.1, 0.15) is 0 Å². The van der Waals surface area contributed by atoms with Crippen LogP contribution in [0.2, 0.25) is 0 Å². The second-order valence-corrected chi connectivity index (χ2v) is 5.85. The van der Waals surface area contributed by atoms with Crippen LogP contribution < -0.4 is 5.32 Å². The number of hydrogen-bond donors (Lipinski definition) is 2. The maximum absolute atomic E-state index is 10.6. The Bertz CT molecular complexity index is 562. The van der Waals surface area contributed by atoms with Gasteiger partial charge < -0.3 is 10.4 Å². The summed E-state index contributed by atoms with van der Waals surface area (Å²) in [6, 6.07) is 21.2. The first-order valence-corrected chi connectivity index (χ1v) is 8.53. The van der Waals surface area contributed by atoms with E-state index < -0.39 is 6.09 Å². The molecule has 128 valence electrons. The lowest BCUT2D eigenvalue weighted by Crippen LogP contribution is -2.33. The van der Waals surface area contributed by atoms with E-state index in [-0.39, 0.29) is 6.04 Å². The van der Waals surface area contributed by atoms with Crippen LogP contribution in [0.4, 0.5) is 4.79 Å². The van der Waals surface area contributed by atoms with E-state index in [1.165, 1.54) is 11.1 Å². The Morgan fingerprint density at radius 2 is 1.54 bits per heavy atom. The van der Waals surface area contributed by atoms with Gasteiger partial charge in [-0.05, 0) is 30.5 Å². The molecule has 0 aromatic heterocycles. The minimum atomic E-state index is -0.959. The fourth-order valence-corrected chi connectivity index (χ4v) is 3.02. The van der Waals surface area contributed by atoms with Crippen molar-refractivity contribution < 1.29 is 9.90 Å². The fourth-order valence-electron chi connectivity index (χ4n) is 3.02. The Hall–Kier alpha value is -2.33. The van der Waals surface area contributed by atoms with Gasteiger partial charge in [0.25, 0.3) is 0 Å². The van der Waals surface area contributed by atoms with Gasteiger partial charge in [0, 0.05) is 13.1 Å². The highest BCUT2D eigenvalue weighted by Gasteiger charge is 2.21. The van der Waals surface area contributed by atoms with Crippen molar-refractivity contribution in [3.63, 3.8) is 0 Å².